The lowest BCUT2D eigenvalue weighted by molar-refractivity contribution is 0.0526. The number of halogens is 1. The summed E-state index contributed by atoms with van der Waals surface area (Å²) < 4.78 is 4.96. The molecule has 0 unspecified atom stereocenters. The lowest BCUT2D eigenvalue weighted by atomic mass is 10.1. The van der Waals surface area contributed by atoms with Crippen LogP contribution in [0.3, 0.4) is 0 Å². The minimum absolute atomic E-state index is 0.290. The molecular formula is C18H18ClNO3. The van der Waals surface area contributed by atoms with Crippen molar-refractivity contribution in [2.75, 3.05) is 11.9 Å². The quantitative estimate of drug-likeness (QED) is 0.845. The van der Waals surface area contributed by atoms with Gasteiger partial charge in [0.15, 0.2) is 0 Å². The van der Waals surface area contributed by atoms with E-state index in [1.165, 1.54) is 0 Å². The summed E-state index contributed by atoms with van der Waals surface area (Å²) in [5, 5.41) is 3.22. The van der Waals surface area contributed by atoms with Crippen molar-refractivity contribution in [3.8, 4) is 0 Å². The fraction of sp³-hybridized carbons (Fsp3) is 0.222. The van der Waals surface area contributed by atoms with Crippen molar-refractivity contribution in [3.05, 3.63) is 63.7 Å². The molecule has 23 heavy (non-hydrogen) atoms. The predicted molar refractivity (Wildman–Crippen MR) is 91.3 cm³/mol. The van der Waals surface area contributed by atoms with E-state index in [-0.39, 0.29) is 11.9 Å². The number of aryl methyl sites for hydroxylation is 2. The van der Waals surface area contributed by atoms with Crippen LogP contribution < -0.4 is 5.32 Å². The molecule has 0 saturated carbocycles. The molecule has 0 fully saturated rings. The van der Waals surface area contributed by atoms with Gasteiger partial charge in [0, 0.05) is 5.69 Å². The predicted octanol–water partition coefficient (Wildman–Crippen LogP) is 4.39. The first-order valence-electron chi connectivity index (χ1n) is 7.27. The third kappa shape index (κ3) is 4.11. The number of rotatable bonds is 4. The summed E-state index contributed by atoms with van der Waals surface area (Å²) in [6.45, 7) is 5.80. The van der Waals surface area contributed by atoms with Crippen LogP contribution in [0.1, 0.15) is 38.8 Å². The first kappa shape index (κ1) is 17.0. The van der Waals surface area contributed by atoms with Gasteiger partial charge in [-0.15, -0.1) is 0 Å². The Hall–Kier alpha value is -2.33. The zero-order chi connectivity index (χ0) is 17.0. The summed E-state index contributed by atoms with van der Waals surface area (Å²) in [7, 11) is 0. The number of benzene rings is 2. The van der Waals surface area contributed by atoms with Gasteiger partial charge in [0.2, 0.25) is 0 Å². The second kappa shape index (κ2) is 7.29. The Morgan fingerprint density at radius 3 is 2.48 bits per heavy atom. The largest absolute Gasteiger partial charge is 0.462 e. The number of nitrogens with one attached hydrogen (secondary N) is 1. The van der Waals surface area contributed by atoms with Crippen LogP contribution >= 0.6 is 11.6 Å². The van der Waals surface area contributed by atoms with Gasteiger partial charge in [0.25, 0.3) is 5.91 Å². The first-order valence-corrected chi connectivity index (χ1v) is 7.65. The Kier molecular flexibility index (Phi) is 5.40. The second-order valence-electron chi connectivity index (χ2n) is 5.19. The number of esters is 1. The van der Waals surface area contributed by atoms with Crippen molar-refractivity contribution in [1.29, 1.82) is 0 Å². The summed E-state index contributed by atoms with van der Waals surface area (Å²) in [5.74, 6) is -0.669. The molecule has 0 atom stereocenters. The van der Waals surface area contributed by atoms with Crippen LogP contribution in [-0.4, -0.2) is 18.5 Å². The Labute approximate surface area is 140 Å². The molecule has 1 amide bonds. The SMILES string of the molecule is CCOC(=O)c1ccc(NC(=O)c2ccc(C)cc2Cl)c(C)c1. The topological polar surface area (TPSA) is 55.4 Å². The minimum atomic E-state index is -0.380. The number of amides is 1. The minimum Gasteiger partial charge on any atom is -0.462 e. The van der Waals surface area contributed by atoms with E-state index in [2.05, 4.69) is 5.32 Å². The van der Waals surface area contributed by atoms with Crippen LogP contribution in [0, 0.1) is 13.8 Å². The zero-order valence-electron chi connectivity index (χ0n) is 13.3. The summed E-state index contributed by atoms with van der Waals surface area (Å²) in [4.78, 5) is 24.0. The molecule has 0 spiro atoms. The molecule has 2 aromatic rings. The number of hydrogen-bond acceptors (Lipinski definition) is 3. The molecular weight excluding hydrogens is 314 g/mol. The molecule has 0 radical (unpaired) electrons. The van der Waals surface area contributed by atoms with Gasteiger partial charge in [-0.2, -0.15) is 0 Å². The molecule has 4 nitrogen and oxygen atoms in total. The third-order valence-corrected chi connectivity index (χ3v) is 3.67. The van der Waals surface area contributed by atoms with Crippen molar-refractivity contribution in [3.63, 3.8) is 0 Å². The van der Waals surface area contributed by atoms with Crippen molar-refractivity contribution >= 4 is 29.2 Å². The van der Waals surface area contributed by atoms with E-state index in [1.54, 1.807) is 37.3 Å². The smallest absolute Gasteiger partial charge is 0.338 e. The van der Waals surface area contributed by atoms with Gasteiger partial charge in [-0.1, -0.05) is 17.7 Å². The van der Waals surface area contributed by atoms with Crippen molar-refractivity contribution in [2.45, 2.75) is 20.8 Å². The number of carbonyl (C=O) groups excluding carboxylic acids is 2. The van der Waals surface area contributed by atoms with E-state index < -0.39 is 0 Å². The Bertz CT molecular complexity index is 756. The van der Waals surface area contributed by atoms with E-state index in [0.717, 1.165) is 11.1 Å². The van der Waals surface area contributed by atoms with E-state index >= 15 is 0 Å². The van der Waals surface area contributed by atoms with Gasteiger partial charge in [0.1, 0.15) is 0 Å². The van der Waals surface area contributed by atoms with Gasteiger partial charge >= 0.3 is 5.97 Å². The van der Waals surface area contributed by atoms with Crippen LogP contribution in [0.15, 0.2) is 36.4 Å². The highest BCUT2D eigenvalue weighted by Gasteiger charge is 2.13. The molecule has 5 heteroatoms. The maximum Gasteiger partial charge on any atom is 0.338 e. The van der Waals surface area contributed by atoms with Gasteiger partial charge < -0.3 is 10.1 Å². The molecule has 120 valence electrons. The number of hydrogen-bond donors (Lipinski definition) is 1. The lowest BCUT2D eigenvalue weighted by Crippen LogP contribution is -2.14. The maximum atomic E-state index is 12.3. The number of carbonyl (C=O) groups is 2. The van der Waals surface area contributed by atoms with Gasteiger partial charge in [-0.25, -0.2) is 4.79 Å². The van der Waals surface area contributed by atoms with E-state index in [0.29, 0.717) is 28.4 Å². The Balaban J connectivity index is 2.20. The lowest BCUT2D eigenvalue weighted by Gasteiger charge is -2.11. The summed E-state index contributed by atoms with van der Waals surface area (Å²) in [6.07, 6.45) is 0. The second-order valence-corrected chi connectivity index (χ2v) is 5.59. The number of anilines is 1. The van der Waals surface area contributed by atoms with Crippen LogP contribution in [0.4, 0.5) is 5.69 Å². The van der Waals surface area contributed by atoms with Gasteiger partial charge in [-0.05, 0) is 62.2 Å². The molecule has 0 heterocycles. The standard InChI is InChI=1S/C18H18ClNO3/c1-4-23-18(22)13-6-8-16(12(3)10-13)20-17(21)14-7-5-11(2)9-15(14)19/h5-10H,4H2,1-3H3,(H,20,21). The monoisotopic (exact) mass is 331 g/mol. The van der Waals surface area contributed by atoms with Crippen LogP contribution in [0.2, 0.25) is 5.02 Å². The molecule has 2 aromatic carbocycles. The average molecular weight is 332 g/mol. The van der Waals surface area contributed by atoms with Crippen LogP contribution in [0.5, 0.6) is 0 Å². The van der Waals surface area contributed by atoms with E-state index in [4.69, 9.17) is 16.3 Å². The van der Waals surface area contributed by atoms with E-state index in [1.807, 2.05) is 19.9 Å². The molecule has 0 aliphatic heterocycles. The summed E-state index contributed by atoms with van der Waals surface area (Å²) >= 11 is 6.11. The fourth-order valence-electron chi connectivity index (χ4n) is 2.14. The highest BCUT2D eigenvalue weighted by atomic mass is 35.5. The maximum absolute atomic E-state index is 12.3. The Morgan fingerprint density at radius 2 is 1.87 bits per heavy atom. The molecule has 0 saturated heterocycles. The molecule has 0 aliphatic rings. The average Bonchev–Trinajstić information content (AvgIpc) is 2.49. The highest BCUT2D eigenvalue weighted by Crippen LogP contribution is 2.22. The van der Waals surface area contributed by atoms with Gasteiger partial charge in [-0.3, -0.25) is 4.79 Å². The Morgan fingerprint density at radius 1 is 1.13 bits per heavy atom. The highest BCUT2D eigenvalue weighted by molar-refractivity contribution is 6.34. The normalized spacial score (nSPS) is 10.3. The van der Waals surface area contributed by atoms with Crippen molar-refractivity contribution in [1.82, 2.24) is 0 Å². The van der Waals surface area contributed by atoms with Crippen molar-refractivity contribution < 1.29 is 14.3 Å². The van der Waals surface area contributed by atoms with Gasteiger partial charge in [0.05, 0.1) is 22.8 Å². The molecule has 0 aromatic heterocycles. The first-order chi connectivity index (χ1) is 10.9. The summed E-state index contributed by atoms with van der Waals surface area (Å²) in [5.41, 5.74) is 3.25. The third-order valence-electron chi connectivity index (χ3n) is 3.35. The molecule has 0 aliphatic carbocycles. The zero-order valence-corrected chi connectivity index (χ0v) is 14.0. The van der Waals surface area contributed by atoms with Crippen molar-refractivity contribution in [2.24, 2.45) is 0 Å². The van der Waals surface area contributed by atoms with Crippen LogP contribution in [0.25, 0.3) is 0 Å². The van der Waals surface area contributed by atoms with E-state index in [9.17, 15) is 9.59 Å². The molecule has 2 rings (SSSR count). The summed E-state index contributed by atoms with van der Waals surface area (Å²) in [6, 6.07) is 10.3. The fourth-order valence-corrected chi connectivity index (χ4v) is 2.46. The van der Waals surface area contributed by atoms with Crippen LogP contribution in [-0.2, 0) is 4.74 Å². The molecule has 1 N–H and O–H groups in total. The molecule has 0 bridgehead atoms. The number of ether oxygens (including phenoxy) is 1.